The fourth-order valence-electron chi connectivity index (χ4n) is 1.86. The highest BCUT2D eigenvalue weighted by molar-refractivity contribution is 6.33. The van der Waals surface area contributed by atoms with Crippen LogP contribution in [0, 0.1) is 15.3 Å². The summed E-state index contributed by atoms with van der Waals surface area (Å²) in [5, 5.41) is 37.2. The topological polar surface area (TPSA) is 186 Å². The molecule has 0 amide bonds. The van der Waals surface area contributed by atoms with E-state index >= 15 is 0 Å². The number of H-pyrrole nitrogens is 2. The van der Waals surface area contributed by atoms with Crippen LogP contribution >= 0.6 is 11.6 Å². The maximum atomic E-state index is 10.5. The van der Waals surface area contributed by atoms with Crippen LogP contribution in [0.5, 0.6) is 5.75 Å². The summed E-state index contributed by atoms with van der Waals surface area (Å²) in [4.78, 5) is 22.0. The molecule has 0 aliphatic heterocycles. The van der Waals surface area contributed by atoms with Crippen LogP contribution in [0.1, 0.15) is 0 Å². The van der Waals surface area contributed by atoms with Gasteiger partial charge in [0.15, 0.2) is 23.5 Å². The van der Waals surface area contributed by atoms with Gasteiger partial charge in [0.1, 0.15) is 11.5 Å². The summed E-state index contributed by atoms with van der Waals surface area (Å²) < 4.78 is 0. The molecule has 3 heterocycles. The van der Waals surface area contributed by atoms with Gasteiger partial charge in [-0.15, -0.1) is 5.43 Å². The van der Waals surface area contributed by atoms with Crippen molar-refractivity contribution in [2.24, 2.45) is 5.28 Å². The Kier molecular flexibility index (Phi) is 7.55. The van der Waals surface area contributed by atoms with Crippen molar-refractivity contribution in [3.63, 3.8) is 0 Å². The zero-order valence-electron chi connectivity index (χ0n) is 15.1. The Bertz CT molecular complexity index is 1110. The summed E-state index contributed by atoms with van der Waals surface area (Å²) in [5.41, 5.74) is 3.26. The molecule has 4 aromatic rings. The average Bonchev–Trinajstić information content (AvgIpc) is 3.37. The number of aromatic amines is 2. The Labute approximate surface area is 167 Å². The molecule has 4 rings (SSSR count). The molecule has 0 unspecified atom stereocenters. The van der Waals surface area contributed by atoms with Gasteiger partial charge in [-0.3, -0.25) is 10.2 Å². The molecule has 15 heteroatoms. The predicted octanol–water partition coefficient (Wildman–Crippen LogP) is 1.85. The van der Waals surface area contributed by atoms with Crippen LogP contribution in [-0.4, -0.2) is 54.4 Å². The fourth-order valence-corrected chi connectivity index (χ4v) is 2.04. The third-order valence-electron chi connectivity index (χ3n) is 3.08. The minimum atomic E-state index is -0.625. The number of hydroxylamine groups is 1. The monoisotopic (exact) mass is 422 g/mol. The molecule has 0 radical (unpaired) electrons. The van der Waals surface area contributed by atoms with Gasteiger partial charge in [-0.1, -0.05) is 22.5 Å². The molecule has 0 fully saturated rings. The van der Waals surface area contributed by atoms with Crippen molar-refractivity contribution in [1.29, 1.82) is 0 Å². The van der Waals surface area contributed by atoms with Gasteiger partial charge < -0.3 is 10.0 Å². The number of hydrogen-bond acceptors (Lipinski definition) is 9. The van der Waals surface area contributed by atoms with Gasteiger partial charge in [0, 0.05) is 0 Å². The second-order valence-corrected chi connectivity index (χ2v) is 5.36. The van der Waals surface area contributed by atoms with Crippen molar-refractivity contribution in [2.75, 3.05) is 14.1 Å². The molecule has 0 bridgehead atoms. The van der Waals surface area contributed by atoms with Gasteiger partial charge in [0.05, 0.1) is 35.7 Å². The van der Waals surface area contributed by atoms with E-state index in [2.05, 4.69) is 35.6 Å². The summed E-state index contributed by atoms with van der Waals surface area (Å²) in [6.45, 7) is 0. The number of rotatable bonds is 3. The van der Waals surface area contributed by atoms with E-state index in [0.717, 1.165) is 16.3 Å². The van der Waals surface area contributed by atoms with Crippen LogP contribution < -0.4 is 10.3 Å². The number of nitrogens with zero attached hydrogens (tertiary/aromatic N) is 7. The standard InChI is InChI=1S/C8H8N4O2.C5H3ClN4.CH4N2O2/c1-12(13)11-14-8-4-2-3-7-6(8)5-9-10-7;6-4-3-1-9-10-5(3)8-2-7-4;1-2-3(4)5/h2-5H,1H3,(H,9,10);1-2H,(H,7,8,9,10);2H,1H3. The Morgan fingerprint density at radius 1 is 1.17 bits per heavy atom. The van der Waals surface area contributed by atoms with Crippen molar-refractivity contribution in [3.8, 4) is 5.75 Å². The number of halogens is 1. The van der Waals surface area contributed by atoms with Crippen LogP contribution in [-0.2, 0) is 0 Å². The highest BCUT2D eigenvalue weighted by atomic mass is 35.5. The first-order chi connectivity index (χ1) is 13.9. The van der Waals surface area contributed by atoms with Gasteiger partial charge in [-0.05, 0) is 12.1 Å². The SMILES string of the molecule is CN[N+](=O)[O-].C[N+]([O-])=NOc1cccc2[nH]ncc12.Clc1ncnc2[nH]ncc12. The molecule has 0 atom stereocenters. The van der Waals surface area contributed by atoms with Gasteiger partial charge in [0.25, 0.3) is 0 Å². The quantitative estimate of drug-likeness (QED) is 0.145. The summed E-state index contributed by atoms with van der Waals surface area (Å²) in [6, 6.07) is 5.36. The van der Waals surface area contributed by atoms with Crippen LogP contribution in [0.25, 0.3) is 21.9 Å². The summed E-state index contributed by atoms with van der Waals surface area (Å²) in [6.07, 6.45) is 4.60. The molecule has 0 aliphatic carbocycles. The molecule has 14 nitrogen and oxygen atoms in total. The smallest absolute Gasteiger partial charge is 0.205 e. The van der Waals surface area contributed by atoms with E-state index in [1.54, 1.807) is 30.0 Å². The van der Waals surface area contributed by atoms with Gasteiger partial charge in [-0.25, -0.2) is 20.1 Å². The zero-order chi connectivity index (χ0) is 21.2. The van der Waals surface area contributed by atoms with Crippen LogP contribution in [0.2, 0.25) is 5.15 Å². The highest BCUT2D eigenvalue weighted by Crippen LogP contribution is 2.23. The molecule has 0 spiro atoms. The van der Waals surface area contributed by atoms with Crippen LogP contribution in [0.3, 0.4) is 0 Å². The van der Waals surface area contributed by atoms with Crippen molar-refractivity contribution < 1.29 is 14.7 Å². The molecular weight excluding hydrogens is 408 g/mol. The second-order valence-electron chi connectivity index (χ2n) is 5.00. The van der Waals surface area contributed by atoms with E-state index in [0.29, 0.717) is 21.4 Å². The highest BCUT2D eigenvalue weighted by Gasteiger charge is 2.04. The maximum absolute atomic E-state index is 10.5. The molecule has 0 saturated heterocycles. The number of nitrogens with one attached hydrogen (secondary N) is 3. The number of nitro groups is 1. The summed E-state index contributed by atoms with van der Waals surface area (Å²) in [7, 11) is 2.50. The number of fused-ring (bicyclic) bond motifs is 2. The molecular formula is C14H15ClN10O4. The summed E-state index contributed by atoms with van der Waals surface area (Å²) >= 11 is 5.69. The van der Waals surface area contributed by atoms with Crippen molar-refractivity contribution in [1.82, 2.24) is 35.8 Å². The van der Waals surface area contributed by atoms with Crippen molar-refractivity contribution in [2.45, 2.75) is 0 Å². The molecule has 152 valence electrons. The van der Waals surface area contributed by atoms with Crippen molar-refractivity contribution >= 4 is 33.5 Å². The Morgan fingerprint density at radius 2 is 1.86 bits per heavy atom. The molecule has 3 N–H and O–H groups in total. The molecule has 0 aliphatic rings. The third-order valence-corrected chi connectivity index (χ3v) is 3.38. The minimum absolute atomic E-state index is 0.346. The maximum Gasteiger partial charge on any atom is 0.205 e. The van der Waals surface area contributed by atoms with E-state index in [4.69, 9.17) is 26.6 Å². The lowest BCUT2D eigenvalue weighted by atomic mass is 10.2. The first-order valence-corrected chi connectivity index (χ1v) is 8.12. The third kappa shape index (κ3) is 6.24. The minimum Gasteiger partial charge on any atom is -0.598 e. The van der Waals surface area contributed by atoms with E-state index in [1.807, 2.05) is 6.07 Å². The van der Waals surface area contributed by atoms with Gasteiger partial charge in [-0.2, -0.15) is 10.2 Å². The van der Waals surface area contributed by atoms with E-state index < -0.39 is 5.03 Å². The number of aromatic nitrogens is 6. The molecule has 0 saturated carbocycles. The Balaban J connectivity index is 0.000000175. The predicted molar refractivity (Wildman–Crippen MR) is 101 cm³/mol. The van der Waals surface area contributed by atoms with Gasteiger partial charge in [0.2, 0.25) is 5.28 Å². The number of hydrogen-bond donors (Lipinski definition) is 3. The van der Waals surface area contributed by atoms with Crippen molar-refractivity contribution in [3.05, 3.63) is 57.4 Å². The second kappa shape index (κ2) is 10.3. The van der Waals surface area contributed by atoms with Crippen LogP contribution in [0.4, 0.5) is 0 Å². The van der Waals surface area contributed by atoms with E-state index in [1.165, 1.54) is 20.4 Å². The lowest BCUT2D eigenvalue weighted by molar-refractivity contribution is -0.538. The largest absolute Gasteiger partial charge is 0.598 e. The molecule has 29 heavy (non-hydrogen) atoms. The normalized spacial score (nSPS) is 10.5. The van der Waals surface area contributed by atoms with E-state index in [9.17, 15) is 5.21 Å². The first-order valence-electron chi connectivity index (χ1n) is 7.74. The first kappa shape index (κ1) is 21.2. The fraction of sp³-hybridized carbons (Fsp3) is 0.143. The lowest BCUT2D eigenvalue weighted by Gasteiger charge is -1.97. The summed E-state index contributed by atoms with van der Waals surface area (Å²) in [5.74, 6) is 0.499. The average molecular weight is 423 g/mol. The van der Waals surface area contributed by atoms with Gasteiger partial charge >= 0.3 is 0 Å². The van der Waals surface area contributed by atoms with Crippen LogP contribution in [0.15, 0.2) is 42.2 Å². The lowest BCUT2D eigenvalue weighted by Crippen LogP contribution is -2.13. The molecule has 3 aromatic heterocycles. The molecule has 1 aromatic carbocycles. The zero-order valence-corrected chi connectivity index (χ0v) is 15.9. The van der Waals surface area contributed by atoms with E-state index in [-0.39, 0.29) is 0 Å². The number of hydrazine groups is 1. The Morgan fingerprint density at radius 3 is 2.52 bits per heavy atom. The Hall–Kier alpha value is -4.07. The number of benzene rings is 1.